The molecule has 288 valence electrons. The van der Waals surface area contributed by atoms with Gasteiger partial charge in [0.2, 0.25) is 5.60 Å². The molecule has 9 nitrogen and oxygen atoms in total. The Hall–Kier alpha value is -4.34. The molecule has 2 aliphatic heterocycles. The number of carbonyl (C=O) groups is 3. The third-order valence-electron chi connectivity index (χ3n) is 9.70. The molecule has 2 saturated heterocycles. The molecule has 2 atom stereocenters. The summed E-state index contributed by atoms with van der Waals surface area (Å²) in [6.07, 6.45) is -5.76. The van der Waals surface area contributed by atoms with E-state index in [0.29, 0.717) is 55.8 Å². The van der Waals surface area contributed by atoms with Crippen LogP contribution in [0.15, 0.2) is 54.0 Å². The molecule has 5 rings (SSSR count). The number of amides is 2. The molecule has 4 heterocycles. The van der Waals surface area contributed by atoms with E-state index in [4.69, 9.17) is 14.6 Å². The number of aromatic nitrogens is 1. The lowest BCUT2D eigenvalue weighted by Crippen LogP contribution is -2.68. The van der Waals surface area contributed by atoms with E-state index in [-0.39, 0.29) is 57.0 Å². The van der Waals surface area contributed by atoms with Crippen molar-refractivity contribution in [3.05, 3.63) is 75.7 Å². The largest absolute Gasteiger partial charge is 0.493 e. The lowest BCUT2D eigenvalue weighted by atomic mass is 9.79. The van der Waals surface area contributed by atoms with Gasteiger partial charge in [0.15, 0.2) is 0 Å². The van der Waals surface area contributed by atoms with Gasteiger partial charge in [0.1, 0.15) is 22.1 Å². The highest BCUT2D eigenvalue weighted by Gasteiger charge is 2.56. The molecule has 1 N–H and O–H groups in total. The molecule has 0 aliphatic carbocycles. The van der Waals surface area contributed by atoms with Crippen molar-refractivity contribution in [2.75, 3.05) is 26.2 Å². The van der Waals surface area contributed by atoms with E-state index in [1.54, 1.807) is 11.8 Å². The molecule has 2 aliphatic rings. The minimum atomic E-state index is -4.89. The molecule has 53 heavy (non-hydrogen) atoms. The van der Waals surface area contributed by atoms with Crippen LogP contribution in [0.25, 0.3) is 0 Å². The monoisotopic (exact) mass is 769 g/mol. The summed E-state index contributed by atoms with van der Waals surface area (Å²) in [5.41, 5.74) is -3.04. The highest BCUT2D eigenvalue weighted by Crippen LogP contribution is 2.43. The lowest BCUT2D eigenvalue weighted by molar-refractivity contribution is -0.160. The van der Waals surface area contributed by atoms with E-state index in [2.05, 4.69) is 4.98 Å². The Kier molecular flexibility index (Phi) is 12.6. The number of carboxylic acids is 1. The second-order valence-corrected chi connectivity index (χ2v) is 14.2. The smallest absolute Gasteiger partial charge is 0.425 e. The summed E-state index contributed by atoms with van der Waals surface area (Å²) in [4.78, 5) is 45.3. The maximum Gasteiger partial charge on any atom is 0.425 e. The highest BCUT2D eigenvalue weighted by molar-refractivity contribution is 7.10. The number of thiophene rings is 1. The van der Waals surface area contributed by atoms with Crippen LogP contribution in [0.2, 0.25) is 0 Å². The second-order valence-electron chi connectivity index (χ2n) is 13.2. The van der Waals surface area contributed by atoms with Gasteiger partial charge in [-0.05, 0) is 68.2 Å². The number of piperidine rings is 2. The Labute approximate surface area is 306 Å². The van der Waals surface area contributed by atoms with Crippen LogP contribution in [0.5, 0.6) is 11.5 Å². The number of carboxylic acid groups (broad SMARTS) is 1. The highest BCUT2D eigenvalue weighted by atomic mass is 32.1. The van der Waals surface area contributed by atoms with E-state index >= 15 is 0 Å². The summed E-state index contributed by atoms with van der Waals surface area (Å²) in [6, 6.07) is 8.98. The average Bonchev–Trinajstić information content (AvgIpc) is 3.61. The zero-order valence-electron chi connectivity index (χ0n) is 29.0. The molecular formula is C37H41F6N3O6S. The fourth-order valence-electron chi connectivity index (χ4n) is 7.25. The number of aliphatic carboxylic acids is 1. The van der Waals surface area contributed by atoms with Crippen molar-refractivity contribution >= 4 is 29.1 Å². The van der Waals surface area contributed by atoms with E-state index in [1.807, 2.05) is 24.3 Å². The fourth-order valence-corrected chi connectivity index (χ4v) is 7.92. The number of pyridine rings is 1. The van der Waals surface area contributed by atoms with Gasteiger partial charge >= 0.3 is 18.3 Å². The van der Waals surface area contributed by atoms with Crippen LogP contribution in [-0.4, -0.2) is 75.6 Å². The molecule has 0 radical (unpaired) electrons. The molecule has 2 amide bonds. The number of para-hydroxylation sites is 1. The van der Waals surface area contributed by atoms with Crippen LogP contribution in [-0.2, 0) is 21.9 Å². The maximum atomic E-state index is 14.8. The summed E-state index contributed by atoms with van der Waals surface area (Å²) in [6.45, 7) is 2.58. The predicted octanol–water partition coefficient (Wildman–Crippen LogP) is 8.44. The molecule has 0 saturated carbocycles. The minimum Gasteiger partial charge on any atom is -0.493 e. The van der Waals surface area contributed by atoms with E-state index in [1.165, 1.54) is 4.90 Å². The minimum absolute atomic E-state index is 0.0115. The van der Waals surface area contributed by atoms with Gasteiger partial charge in [0.05, 0.1) is 18.2 Å². The van der Waals surface area contributed by atoms with Crippen LogP contribution in [0, 0.1) is 0 Å². The normalized spacial score (nSPS) is 19.9. The van der Waals surface area contributed by atoms with Gasteiger partial charge in [-0.1, -0.05) is 31.5 Å². The molecule has 3 aromatic rings. The molecule has 2 aromatic heterocycles. The standard InChI is InChI=1S/C37H41F6N3O6S/c1-2-9-29-35(52-25-22-30(53-23-25)37(41,42)43,16-8-18-46(29)33(49)32-27(36(38,39)40)11-7-17-44-32)34(50)45-19-14-24(15-20-45)26-10-3-4-12-28(26)51-21-6-5-13-31(47)48/h3-4,7,10-12,17,22-24,29H,2,5-6,8-9,13-16,18-21H2,1H3,(H,47,48)/t29-,35+/m1/s1. The first kappa shape index (κ1) is 39.9. The van der Waals surface area contributed by atoms with Crippen molar-refractivity contribution < 1.29 is 55.3 Å². The first-order valence-electron chi connectivity index (χ1n) is 17.6. The van der Waals surface area contributed by atoms with Crippen LogP contribution >= 0.6 is 11.3 Å². The Bertz CT molecular complexity index is 1740. The number of benzene rings is 1. The predicted molar refractivity (Wildman–Crippen MR) is 183 cm³/mol. The van der Waals surface area contributed by atoms with Crippen molar-refractivity contribution in [3.8, 4) is 11.5 Å². The molecule has 0 spiro atoms. The first-order valence-corrected chi connectivity index (χ1v) is 18.4. The number of nitrogens with zero attached hydrogens (tertiary/aromatic N) is 3. The first-order chi connectivity index (χ1) is 25.2. The van der Waals surface area contributed by atoms with Crippen molar-refractivity contribution in [3.63, 3.8) is 0 Å². The van der Waals surface area contributed by atoms with E-state index in [9.17, 15) is 40.7 Å². The third kappa shape index (κ3) is 9.25. The quantitative estimate of drug-likeness (QED) is 0.137. The number of unbranched alkanes of at least 4 members (excludes halogenated alkanes) is 1. The van der Waals surface area contributed by atoms with Crippen LogP contribution in [0.1, 0.15) is 97.1 Å². The SMILES string of the molecule is CCC[C@H]1N(C(=O)c2ncccc2C(F)(F)F)CCC[C@@]1(Oc1csc(C(F)(F)F)c1)C(=O)N1CCC(c2ccccc2OCCCCC(=O)O)CC1. The topological polar surface area (TPSA) is 109 Å². The van der Waals surface area contributed by atoms with Gasteiger partial charge in [-0.2, -0.15) is 26.3 Å². The zero-order valence-corrected chi connectivity index (χ0v) is 29.9. The molecule has 2 fully saturated rings. The second kappa shape index (κ2) is 16.8. The van der Waals surface area contributed by atoms with Gasteiger partial charge in [-0.15, -0.1) is 11.3 Å². The molecular weight excluding hydrogens is 728 g/mol. The lowest BCUT2D eigenvalue weighted by Gasteiger charge is -2.50. The van der Waals surface area contributed by atoms with Crippen LogP contribution < -0.4 is 9.47 Å². The van der Waals surface area contributed by atoms with Gasteiger partial charge in [0.25, 0.3) is 11.8 Å². The summed E-state index contributed by atoms with van der Waals surface area (Å²) in [5.74, 6) is -2.05. The Morgan fingerprint density at radius 3 is 2.40 bits per heavy atom. The number of halogens is 6. The Balaban J connectivity index is 1.43. The summed E-state index contributed by atoms with van der Waals surface area (Å²) in [5, 5.41) is 10.0. The number of likely N-dealkylation sites (tertiary alicyclic amines) is 2. The van der Waals surface area contributed by atoms with Crippen molar-refractivity contribution in [1.29, 1.82) is 0 Å². The summed E-state index contributed by atoms with van der Waals surface area (Å²) >= 11 is 0.395. The van der Waals surface area contributed by atoms with Crippen molar-refractivity contribution in [1.82, 2.24) is 14.8 Å². The fraction of sp³-hybridized carbons (Fsp3) is 0.514. The number of hydrogen-bond acceptors (Lipinski definition) is 7. The molecule has 0 unspecified atom stereocenters. The molecule has 1 aromatic carbocycles. The van der Waals surface area contributed by atoms with Crippen LogP contribution in [0.4, 0.5) is 26.3 Å². The van der Waals surface area contributed by atoms with Crippen molar-refractivity contribution in [2.45, 2.75) is 94.6 Å². The number of rotatable bonds is 13. The Morgan fingerprint density at radius 1 is 1.00 bits per heavy atom. The van der Waals surface area contributed by atoms with Crippen LogP contribution in [0.3, 0.4) is 0 Å². The van der Waals surface area contributed by atoms with Gasteiger partial charge < -0.3 is 24.4 Å². The zero-order chi connectivity index (χ0) is 38.4. The van der Waals surface area contributed by atoms with Gasteiger partial charge in [0, 0.05) is 50.1 Å². The summed E-state index contributed by atoms with van der Waals surface area (Å²) in [7, 11) is 0. The van der Waals surface area contributed by atoms with Gasteiger partial charge in [-0.25, -0.2) is 0 Å². The number of ether oxygens (including phenoxy) is 2. The Morgan fingerprint density at radius 2 is 1.74 bits per heavy atom. The average molecular weight is 770 g/mol. The number of alkyl halides is 6. The number of carbonyl (C=O) groups excluding carboxylic acids is 2. The maximum absolute atomic E-state index is 14.8. The third-order valence-corrected chi connectivity index (χ3v) is 10.7. The van der Waals surface area contributed by atoms with Crippen molar-refractivity contribution in [2.24, 2.45) is 0 Å². The molecule has 0 bridgehead atoms. The van der Waals surface area contributed by atoms with Gasteiger partial charge in [-0.3, -0.25) is 19.4 Å². The molecule has 16 heteroatoms. The van der Waals surface area contributed by atoms with E-state index in [0.717, 1.165) is 35.3 Å². The summed E-state index contributed by atoms with van der Waals surface area (Å²) < 4.78 is 95.3. The van der Waals surface area contributed by atoms with E-state index < -0.39 is 57.9 Å². The number of hydrogen-bond donors (Lipinski definition) is 1.